The number of anilines is 1. The van der Waals surface area contributed by atoms with Crippen LogP contribution in [0.4, 0.5) is 5.69 Å². The first-order chi connectivity index (χ1) is 12.8. The average molecular weight is 365 g/mol. The van der Waals surface area contributed by atoms with Gasteiger partial charge in [-0.2, -0.15) is 0 Å². The van der Waals surface area contributed by atoms with Crippen LogP contribution in [0.15, 0.2) is 57.7 Å². The van der Waals surface area contributed by atoms with E-state index in [2.05, 4.69) is 24.8 Å². The van der Waals surface area contributed by atoms with Crippen LogP contribution in [0.3, 0.4) is 0 Å². The summed E-state index contributed by atoms with van der Waals surface area (Å²) < 4.78 is 5.46. The predicted octanol–water partition coefficient (Wildman–Crippen LogP) is 4.61. The van der Waals surface area contributed by atoms with Crippen molar-refractivity contribution in [3.8, 4) is 0 Å². The molecule has 3 rings (SSSR count). The van der Waals surface area contributed by atoms with E-state index in [0.29, 0.717) is 24.6 Å². The molecule has 3 aromatic rings. The van der Waals surface area contributed by atoms with Gasteiger partial charge in [0.15, 0.2) is 0 Å². The molecule has 0 unspecified atom stereocenters. The summed E-state index contributed by atoms with van der Waals surface area (Å²) in [6.07, 6.45) is -0.481. The Hall–Kier alpha value is -2.59. The van der Waals surface area contributed by atoms with Crippen LogP contribution in [-0.2, 0) is 6.54 Å². The van der Waals surface area contributed by atoms with Crippen molar-refractivity contribution in [1.82, 2.24) is 0 Å². The minimum Gasteiger partial charge on any atom is -0.423 e. The minimum absolute atomic E-state index is 0.348. The maximum absolute atomic E-state index is 12.1. The molecule has 2 aromatic carbocycles. The van der Waals surface area contributed by atoms with E-state index in [1.807, 2.05) is 43.3 Å². The van der Waals surface area contributed by atoms with Gasteiger partial charge in [0, 0.05) is 30.2 Å². The van der Waals surface area contributed by atoms with Gasteiger partial charge in [-0.1, -0.05) is 32.0 Å². The van der Waals surface area contributed by atoms with Gasteiger partial charge in [0.2, 0.25) is 0 Å². The molecule has 0 radical (unpaired) electrons. The number of benzene rings is 2. The van der Waals surface area contributed by atoms with Gasteiger partial charge < -0.3 is 14.4 Å². The van der Waals surface area contributed by atoms with E-state index in [1.165, 1.54) is 5.56 Å². The normalized spacial score (nSPS) is 12.5. The SMILES string of the molecule is Cc1cc2oc(=O)cc(CN(C[C@H](C)O)c3ccccc3)c2cc1C(C)C. The zero-order valence-corrected chi connectivity index (χ0v) is 16.4. The second kappa shape index (κ2) is 7.97. The number of aliphatic hydroxyl groups excluding tert-OH is 1. The van der Waals surface area contributed by atoms with Crippen LogP contribution in [0.25, 0.3) is 11.0 Å². The third-order valence-electron chi connectivity index (χ3n) is 4.81. The molecule has 0 aliphatic heterocycles. The van der Waals surface area contributed by atoms with E-state index >= 15 is 0 Å². The lowest BCUT2D eigenvalue weighted by Crippen LogP contribution is -2.30. The Morgan fingerprint density at radius 2 is 1.78 bits per heavy atom. The number of aryl methyl sites for hydroxylation is 1. The van der Waals surface area contributed by atoms with E-state index in [-0.39, 0.29) is 5.63 Å². The Bertz CT molecular complexity index is 974. The van der Waals surface area contributed by atoms with Gasteiger partial charge in [0.1, 0.15) is 5.58 Å². The molecule has 0 bridgehead atoms. The molecule has 0 fully saturated rings. The number of aliphatic hydroxyl groups is 1. The second-order valence-corrected chi connectivity index (χ2v) is 7.52. The summed E-state index contributed by atoms with van der Waals surface area (Å²) in [7, 11) is 0. The molecule has 1 heterocycles. The first kappa shape index (κ1) is 19.2. The number of rotatable bonds is 6. The fraction of sp³-hybridized carbons (Fsp3) is 0.348. The van der Waals surface area contributed by atoms with Crippen LogP contribution in [-0.4, -0.2) is 17.8 Å². The van der Waals surface area contributed by atoms with Crippen molar-refractivity contribution in [2.24, 2.45) is 0 Å². The Morgan fingerprint density at radius 1 is 1.07 bits per heavy atom. The maximum atomic E-state index is 12.1. The quantitative estimate of drug-likeness (QED) is 0.648. The summed E-state index contributed by atoms with van der Waals surface area (Å²) in [6, 6.07) is 15.6. The van der Waals surface area contributed by atoms with Crippen LogP contribution in [0.5, 0.6) is 0 Å². The van der Waals surface area contributed by atoms with Crippen molar-refractivity contribution in [3.63, 3.8) is 0 Å². The molecule has 4 heteroatoms. The number of nitrogens with zero attached hydrogens (tertiary/aromatic N) is 1. The third kappa shape index (κ3) is 4.40. The fourth-order valence-corrected chi connectivity index (χ4v) is 3.57. The molecular formula is C23H27NO3. The molecule has 0 spiro atoms. The fourth-order valence-electron chi connectivity index (χ4n) is 3.57. The van der Waals surface area contributed by atoms with Gasteiger partial charge >= 0.3 is 5.63 Å². The predicted molar refractivity (Wildman–Crippen MR) is 110 cm³/mol. The highest BCUT2D eigenvalue weighted by molar-refractivity contribution is 5.82. The summed E-state index contributed by atoms with van der Waals surface area (Å²) >= 11 is 0. The van der Waals surface area contributed by atoms with Gasteiger partial charge in [-0.05, 0) is 60.7 Å². The Morgan fingerprint density at radius 3 is 2.41 bits per heavy atom. The standard InChI is InChI=1S/C23H27NO3/c1-15(2)20-12-21-18(11-23(26)27-22(21)10-16(20)3)14-24(13-17(4)25)19-8-6-5-7-9-19/h5-12,15,17,25H,13-14H2,1-4H3/t17-/m0/s1. The van der Waals surface area contributed by atoms with Crippen LogP contribution in [0, 0.1) is 6.92 Å². The van der Waals surface area contributed by atoms with Crippen molar-refractivity contribution >= 4 is 16.7 Å². The molecule has 4 nitrogen and oxygen atoms in total. The summed E-state index contributed by atoms with van der Waals surface area (Å²) in [5.74, 6) is 0.386. The van der Waals surface area contributed by atoms with Crippen molar-refractivity contribution in [2.75, 3.05) is 11.4 Å². The van der Waals surface area contributed by atoms with E-state index in [9.17, 15) is 9.90 Å². The van der Waals surface area contributed by atoms with E-state index in [4.69, 9.17) is 4.42 Å². The highest BCUT2D eigenvalue weighted by Crippen LogP contribution is 2.28. The number of fused-ring (bicyclic) bond motifs is 1. The smallest absolute Gasteiger partial charge is 0.336 e. The molecular weight excluding hydrogens is 338 g/mol. The van der Waals surface area contributed by atoms with E-state index in [1.54, 1.807) is 13.0 Å². The lowest BCUT2D eigenvalue weighted by atomic mass is 9.94. The van der Waals surface area contributed by atoms with Crippen LogP contribution in [0.2, 0.25) is 0 Å². The molecule has 27 heavy (non-hydrogen) atoms. The van der Waals surface area contributed by atoms with Crippen molar-refractivity contribution in [1.29, 1.82) is 0 Å². The second-order valence-electron chi connectivity index (χ2n) is 7.52. The van der Waals surface area contributed by atoms with Gasteiger partial charge in [-0.25, -0.2) is 4.79 Å². The topological polar surface area (TPSA) is 53.7 Å². The Labute approximate surface area is 160 Å². The van der Waals surface area contributed by atoms with Gasteiger partial charge in [-0.3, -0.25) is 0 Å². The van der Waals surface area contributed by atoms with Crippen LogP contribution < -0.4 is 10.5 Å². The minimum atomic E-state index is -0.481. The van der Waals surface area contributed by atoms with Gasteiger partial charge in [-0.15, -0.1) is 0 Å². The molecule has 0 aliphatic carbocycles. The molecule has 0 saturated heterocycles. The van der Waals surface area contributed by atoms with Gasteiger partial charge in [0.05, 0.1) is 6.10 Å². The van der Waals surface area contributed by atoms with E-state index < -0.39 is 6.10 Å². The molecule has 1 atom stereocenters. The molecule has 1 aromatic heterocycles. The highest BCUT2D eigenvalue weighted by Gasteiger charge is 2.15. The summed E-state index contributed by atoms with van der Waals surface area (Å²) in [4.78, 5) is 14.2. The molecule has 0 saturated carbocycles. The van der Waals surface area contributed by atoms with Crippen LogP contribution >= 0.6 is 0 Å². The zero-order chi connectivity index (χ0) is 19.6. The Balaban J connectivity index is 2.11. The summed E-state index contributed by atoms with van der Waals surface area (Å²) in [6.45, 7) is 9.15. The Kier molecular flexibility index (Phi) is 5.66. The highest BCUT2D eigenvalue weighted by atomic mass is 16.4. The van der Waals surface area contributed by atoms with Crippen molar-refractivity contribution < 1.29 is 9.52 Å². The van der Waals surface area contributed by atoms with Crippen molar-refractivity contribution in [2.45, 2.75) is 46.3 Å². The largest absolute Gasteiger partial charge is 0.423 e. The van der Waals surface area contributed by atoms with Gasteiger partial charge in [0.25, 0.3) is 0 Å². The number of para-hydroxylation sites is 1. The molecule has 142 valence electrons. The zero-order valence-electron chi connectivity index (χ0n) is 16.4. The molecule has 1 N–H and O–H groups in total. The molecule has 0 amide bonds. The first-order valence-corrected chi connectivity index (χ1v) is 9.40. The maximum Gasteiger partial charge on any atom is 0.336 e. The number of hydrogen-bond acceptors (Lipinski definition) is 4. The van der Waals surface area contributed by atoms with Crippen molar-refractivity contribution in [3.05, 3.63) is 75.6 Å². The first-order valence-electron chi connectivity index (χ1n) is 9.40. The lowest BCUT2D eigenvalue weighted by Gasteiger charge is -2.27. The molecule has 0 aliphatic rings. The summed E-state index contributed by atoms with van der Waals surface area (Å²) in [5.41, 5.74) is 4.56. The number of hydrogen-bond donors (Lipinski definition) is 1. The van der Waals surface area contributed by atoms with E-state index in [0.717, 1.165) is 22.2 Å². The van der Waals surface area contributed by atoms with Crippen LogP contribution in [0.1, 0.15) is 43.4 Å². The monoisotopic (exact) mass is 365 g/mol. The third-order valence-corrected chi connectivity index (χ3v) is 4.81. The summed E-state index contributed by atoms with van der Waals surface area (Å²) in [5, 5.41) is 10.9. The lowest BCUT2D eigenvalue weighted by molar-refractivity contribution is 0.199. The average Bonchev–Trinajstić information content (AvgIpc) is 2.60.